The first-order valence-corrected chi connectivity index (χ1v) is 8.89. The van der Waals surface area contributed by atoms with Gasteiger partial charge >= 0.3 is 0 Å². The number of likely N-dealkylation sites (tertiary alicyclic amines) is 1. The highest BCUT2D eigenvalue weighted by molar-refractivity contribution is 5.58. The van der Waals surface area contributed by atoms with Gasteiger partial charge in [-0.05, 0) is 63.5 Å². The second-order valence-electron chi connectivity index (χ2n) is 6.90. The molecule has 0 radical (unpaired) electrons. The Morgan fingerprint density at radius 1 is 1.17 bits per heavy atom. The number of aromatic nitrogens is 2. The molecule has 0 unspecified atom stereocenters. The first-order chi connectivity index (χ1) is 11.3. The van der Waals surface area contributed by atoms with Gasteiger partial charge in [0.1, 0.15) is 5.82 Å². The number of fused-ring (bicyclic) bond motifs is 1. The Labute approximate surface area is 138 Å². The molecular weight excluding hydrogens is 284 g/mol. The normalized spacial score (nSPS) is 18.9. The molecule has 1 N–H and O–H groups in total. The van der Waals surface area contributed by atoms with Crippen molar-refractivity contribution in [1.29, 1.82) is 0 Å². The zero-order valence-corrected chi connectivity index (χ0v) is 14.2. The zero-order valence-electron chi connectivity index (χ0n) is 14.2. The van der Waals surface area contributed by atoms with E-state index in [1.165, 1.54) is 54.3 Å². The van der Waals surface area contributed by atoms with E-state index < -0.39 is 0 Å². The molecule has 0 amide bonds. The van der Waals surface area contributed by atoms with Crippen LogP contribution in [0.25, 0.3) is 5.69 Å². The molecule has 3 heterocycles. The van der Waals surface area contributed by atoms with Crippen LogP contribution in [0.5, 0.6) is 0 Å². The number of nitrogens with zero attached hydrogens (tertiary/aromatic N) is 3. The molecule has 1 fully saturated rings. The molecule has 0 bridgehead atoms. The smallest absolute Gasteiger partial charge is 0.133 e. The molecule has 0 atom stereocenters. The van der Waals surface area contributed by atoms with Gasteiger partial charge in [0, 0.05) is 18.0 Å². The maximum atomic E-state index is 5.04. The molecule has 0 spiro atoms. The highest BCUT2D eigenvalue weighted by atomic mass is 15.3. The van der Waals surface area contributed by atoms with Crippen molar-refractivity contribution in [2.75, 3.05) is 32.0 Å². The van der Waals surface area contributed by atoms with Crippen LogP contribution in [0.3, 0.4) is 0 Å². The number of benzene rings is 1. The van der Waals surface area contributed by atoms with Crippen molar-refractivity contribution in [3.05, 3.63) is 41.1 Å². The quantitative estimate of drug-likeness (QED) is 0.945. The first kappa shape index (κ1) is 14.8. The SMILES string of the molecule is CCc1ccc(-n2nc(C3CCN(C)CC3)c3c2NCC3)cc1. The largest absolute Gasteiger partial charge is 0.369 e. The van der Waals surface area contributed by atoms with E-state index >= 15 is 0 Å². The van der Waals surface area contributed by atoms with E-state index in [1.807, 2.05) is 0 Å². The summed E-state index contributed by atoms with van der Waals surface area (Å²) in [6.07, 6.45) is 4.66. The number of hydrogen-bond acceptors (Lipinski definition) is 3. The van der Waals surface area contributed by atoms with Gasteiger partial charge in [0.25, 0.3) is 0 Å². The van der Waals surface area contributed by atoms with Crippen LogP contribution in [-0.2, 0) is 12.8 Å². The molecular formula is C19H26N4. The molecule has 4 nitrogen and oxygen atoms in total. The molecule has 2 aliphatic rings. The van der Waals surface area contributed by atoms with Gasteiger partial charge in [0.05, 0.1) is 11.4 Å². The van der Waals surface area contributed by atoms with Gasteiger partial charge in [-0.2, -0.15) is 5.10 Å². The van der Waals surface area contributed by atoms with Crippen molar-refractivity contribution >= 4 is 5.82 Å². The van der Waals surface area contributed by atoms with Crippen LogP contribution >= 0.6 is 0 Å². The highest BCUT2D eigenvalue weighted by Gasteiger charge is 2.29. The van der Waals surface area contributed by atoms with Crippen molar-refractivity contribution in [2.24, 2.45) is 0 Å². The standard InChI is InChI=1S/C19H26N4/c1-3-14-4-6-16(7-5-14)23-19-17(8-11-20-19)18(21-23)15-9-12-22(2)13-10-15/h4-7,15,20H,3,8-13H2,1-2H3. The van der Waals surface area contributed by atoms with E-state index in [-0.39, 0.29) is 0 Å². The van der Waals surface area contributed by atoms with Gasteiger partial charge in [-0.15, -0.1) is 0 Å². The first-order valence-electron chi connectivity index (χ1n) is 8.89. The second kappa shape index (κ2) is 6.00. The molecule has 23 heavy (non-hydrogen) atoms. The predicted octanol–water partition coefficient (Wildman–Crippen LogP) is 3.21. The third kappa shape index (κ3) is 2.65. The molecule has 122 valence electrons. The minimum Gasteiger partial charge on any atom is -0.369 e. The van der Waals surface area contributed by atoms with Crippen molar-refractivity contribution in [3.63, 3.8) is 0 Å². The summed E-state index contributed by atoms with van der Waals surface area (Å²) in [5.74, 6) is 1.85. The molecule has 1 aromatic heterocycles. The monoisotopic (exact) mass is 310 g/mol. The topological polar surface area (TPSA) is 33.1 Å². The summed E-state index contributed by atoms with van der Waals surface area (Å²) in [4.78, 5) is 2.43. The molecule has 0 saturated carbocycles. The van der Waals surface area contributed by atoms with Gasteiger partial charge in [-0.1, -0.05) is 19.1 Å². The zero-order chi connectivity index (χ0) is 15.8. The summed E-state index contributed by atoms with van der Waals surface area (Å²) < 4.78 is 2.13. The van der Waals surface area contributed by atoms with E-state index in [9.17, 15) is 0 Å². The predicted molar refractivity (Wildman–Crippen MR) is 94.6 cm³/mol. The average molecular weight is 310 g/mol. The molecule has 0 aliphatic carbocycles. The fraction of sp³-hybridized carbons (Fsp3) is 0.526. The Morgan fingerprint density at radius 2 is 1.91 bits per heavy atom. The summed E-state index contributed by atoms with van der Waals surface area (Å²) in [6.45, 7) is 5.61. The molecule has 2 aromatic rings. The number of piperidine rings is 1. The van der Waals surface area contributed by atoms with Crippen molar-refractivity contribution in [3.8, 4) is 5.69 Å². The summed E-state index contributed by atoms with van der Waals surface area (Å²) in [6, 6.07) is 8.83. The highest BCUT2D eigenvalue weighted by Crippen LogP contribution is 2.36. The number of anilines is 1. The minimum absolute atomic E-state index is 0.621. The van der Waals surface area contributed by atoms with Gasteiger partial charge in [0.2, 0.25) is 0 Å². The van der Waals surface area contributed by atoms with Gasteiger partial charge in [-0.3, -0.25) is 0 Å². The maximum absolute atomic E-state index is 5.04. The number of rotatable bonds is 3. The average Bonchev–Trinajstić information content (AvgIpc) is 3.18. The van der Waals surface area contributed by atoms with Crippen LogP contribution in [0, 0.1) is 0 Å². The van der Waals surface area contributed by atoms with Gasteiger partial charge in [0.15, 0.2) is 0 Å². The lowest BCUT2D eigenvalue weighted by Gasteiger charge is -2.28. The summed E-state index contributed by atoms with van der Waals surface area (Å²) in [5, 5.41) is 8.60. The van der Waals surface area contributed by atoms with Gasteiger partial charge < -0.3 is 10.2 Å². The lowest BCUT2D eigenvalue weighted by Crippen LogP contribution is -2.29. The number of hydrogen-bond donors (Lipinski definition) is 1. The van der Waals surface area contributed by atoms with Crippen molar-refractivity contribution in [2.45, 2.75) is 38.5 Å². The minimum atomic E-state index is 0.621. The molecule has 2 aliphatic heterocycles. The van der Waals surface area contributed by atoms with Crippen LogP contribution in [0.15, 0.2) is 24.3 Å². The van der Waals surface area contributed by atoms with Crippen LogP contribution < -0.4 is 5.32 Å². The third-order valence-corrected chi connectivity index (χ3v) is 5.38. The maximum Gasteiger partial charge on any atom is 0.133 e. The van der Waals surface area contributed by atoms with Crippen LogP contribution in [-0.4, -0.2) is 41.4 Å². The summed E-state index contributed by atoms with van der Waals surface area (Å²) in [7, 11) is 2.22. The van der Waals surface area contributed by atoms with Crippen LogP contribution in [0.4, 0.5) is 5.82 Å². The molecule has 1 saturated heterocycles. The lowest BCUT2D eigenvalue weighted by molar-refractivity contribution is 0.252. The van der Waals surface area contributed by atoms with E-state index in [0.717, 1.165) is 19.4 Å². The molecule has 1 aromatic carbocycles. The summed E-state index contributed by atoms with van der Waals surface area (Å²) in [5.41, 5.74) is 5.35. The van der Waals surface area contributed by atoms with E-state index in [2.05, 4.69) is 53.1 Å². The Morgan fingerprint density at radius 3 is 2.61 bits per heavy atom. The van der Waals surface area contributed by atoms with Gasteiger partial charge in [-0.25, -0.2) is 4.68 Å². The van der Waals surface area contributed by atoms with Crippen LogP contribution in [0.2, 0.25) is 0 Å². The van der Waals surface area contributed by atoms with Crippen molar-refractivity contribution in [1.82, 2.24) is 14.7 Å². The Hall–Kier alpha value is -1.81. The number of aryl methyl sites for hydroxylation is 1. The second-order valence-corrected chi connectivity index (χ2v) is 6.90. The fourth-order valence-corrected chi connectivity index (χ4v) is 3.87. The third-order valence-electron chi connectivity index (χ3n) is 5.38. The number of nitrogens with one attached hydrogen (secondary N) is 1. The Bertz CT molecular complexity index is 678. The van der Waals surface area contributed by atoms with E-state index in [1.54, 1.807) is 0 Å². The van der Waals surface area contributed by atoms with E-state index in [0.29, 0.717) is 5.92 Å². The molecule has 4 heteroatoms. The fourth-order valence-electron chi connectivity index (χ4n) is 3.87. The van der Waals surface area contributed by atoms with Crippen LogP contribution in [0.1, 0.15) is 42.5 Å². The van der Waals surface area contributed by atoms with Crippen molar-refractivity contribution < 1.29 is 0 Å². The lowest BCUT2D eigenvalue weighted by atomic mass is 9.91. The molecule has 4 rings (SSSR count). The van der Waals surface area contributed by atoms with E-state index in [4.69, 9.17) is 5.10 Å². The Balaban J connectivity index is 1.69. The summed E-state index contributed by atoms with van der Waals surface area (Å²) >= 11 is 0. The Kier molecular flexibility index (Phi) is 3.85.